The summed E-state index contributed by atoms with van der Waals surface area (Å²) in [7, 11) is 5.44. The van der Waals surface area contributed by atoms with Crippen molar-refractivity contribution in [3.05, 3.63) is 101 Å². The zero-order valence-corrected chi connectivity index (χ0v) is 25.1. The number of aromatic nitrogens is 2. The van der Waals surface area contributed by atoms with Crippen molar-refractivity contribution in [3.8, 4) is 22.9 Å². The van der Waals surface area contributed by atoms with Crippen LogP contribution in [0.4, 0.5) is 0 Å². The Hall–Kier alpha value is -3.73. The van der Waals surface area contributed by atoms with Gasteiger partial charge in [-0.25, -0.2) is 4.57 Å². The van der Waals surface area contributed by atoms with E-state index in [1.165, 1.54) is 5.56 Å². The number of methoxy groups -OCH3 is 2. The Morgan fingerprint density at radius 2 is 1.31 bits per heavy atom. The molecule has 1 atom stereocenters. The Balaban J connectivity index is 2.12. The highest BCUT2D eigenvalue weighted by molar-refractivity contribution is 5.59. The first-order chi connectivity index (χ1) is 18.3. The minimum atomic E-state index is -0.242. The number of nitrogens with zero attached hydrogens (tertiary/aromatic N) is 2. The molecule has 0 aliphatic heterocycles. The molecule has 0 spiro atoms. The fourth-order valence-corrected chi connectivity index (χ4v) is 5.31. The zero-order chi connectivity index (χ0) is 28.7. The summed E-state index contributed by atoms with van der Waals surface area (Å²) in [5.41, 5.74) is 5.74. The molecule has 0 aliphatic rings. The number of hydrogen-bond acceptors (Lipinski definition) is 3. The van der Waals surface area contributed by atoms with Gasteiger partial charge in [0.1, 0.15) is 24.1 Å². The first-order valence-corrected chi connectivity index (χ1v) is 13.5. The van der Waals surface area contributed by atoms with Crippen LogP contribution in [0.5, 0.6) is 17.2 Å². The van der Waals surface area contributed by atoms with Crippen LogP contribution in [0.1, 0.15) is 81.1 Å². The Bertz CT molecular complexity index is 1410. The highest BCUT2D eigenvalue weighted by Crippen LogP contribution is 2.44. The molecule has 1 N–H and O–H groups in total. The second kappa shape index (κ2) is 10.4. The van der Waals surface area contributed by atoms with Crippen LogP contribution in [0.15, 0.2) is 67.0 Å². The van der Waals surface area contributed by atoms with E-state index in [1.807, 2.05) is 18.2 Å². The van der Waals surface area contributed by atoms with E-state index in [4.69, 9.17) is 9.47 Å². The lowest BCUT2D eigenvalue weighted by Gasteiger charge is -2.29. The van der Waals surface area contributed by atoms with Gasteiger partial charge in [0.05, 0.1) is 21.3 Å². The molecule has 1 heterocycles. The van der Waals surface area contributed by atoms with E-state index in [-0.39, 0.29) is 16.7 Å². The van der Waals surface area contributed by atoms with Gasteiger partial charge in [0.2, 0.25) is 5.69 Å². The second-order valence-corrected chi connectivity index (χ2v) is 12.5. The van der Waals surface area contributed by atoms with Crippen LogP contribution in [0.25, 0.3) is 5.69 Å². The maximum atomic E-state index is 11.5. The molecule has 1 unspecified atom stereocenters. The molecular weight excluding hydrogens is 484 g/mol. The monoisotopic (exact) mass is 527 g/mol. The predicted octanol–water partition coefficient (Wildman–Crippen LogP) is 7.11. The molecule has 0 aliphatic carbocycles. The molecule has 4 aromatic rings. The predicted molar refractivity (Wildman–Crippen MR) is 158 cm³/mol. The van der Waals surface area contributed by atoms with Crippen molar-refractivity contribution in [1.82, 2.24) is 4.57 Å². The first kappa shape index (κ1) is 28.3. The number of benzene rings is 3. The molecule has 5 nitrogen and oxygen atoms in total. The summed E-state index contributed by atoms with van der Waals surface area (Å²) in [6.45, 7) is 15.0. The van der Waals surface area contributed by atoms with Crippen molar-refractivity contribution in [1.29, 1.82) is 0 Å². The van der Waals surface area contributed by atoms with Crippen LogP contribution in [-0.2, 0) is 17.9 Å². The lowest BCUT2D eigenvalue weighted by Crippen LogP contribution is -2.35. The summed E-state index contributed by atoms with van der Waals surface area (Å²) >= 11 is 0. The molecule has 0 saturated carbocycles. The quantitative estimate of drug-likeness (QED) is 0.272. The Labute approximate surface area is 233 Å². The number of phenols is 1. The van der Waals surface area contributed by atoms with Gasteiger partial charge in [0, 0.05) is 0 Å². The Morgan fingerprint density at radius 1 is 0.795 bits per heavy atom. The van der Waals surface area contributed by atoms with Gasteiger partial charge < -0.3 is 14.6 Å². The third-order valence-corrected chi connectivity index (χ3v) is 7.44. The van der Waals surface area contributed by atoms with Crippen molar-refractivity contribution in [2.75, 3.05) is 14.2 Å². The third kappa shape index (κ3) is 5.40. The number of rotatable bonds is 6. The molecule has 1 aromatic heterocycles. The topological polar surface area (TPSA) is 47.5 Å². The number of phenolic OH excluding ortho intramolecular Hbond substituents is 1. The maximum Gasteiger partial charge on any atom is 0.273 e. The molecule has 0 saturated heterocycles. The molecule has 0 bridgehead atoms. The summed E-state index contributed by atoms with van der Waals surface area (Å²) in [6.07, 6.45) is 4.13. The van der Waals surface area contributed by atoms with Gasteiger partial charge in [-0.2, -0.15) is 4.57 Å². The molecule has 3 aromatic carbocycles. The molecule has 4 rings (SSSR count). The summed E-state index contributed by atoms with van der Waals surface area (Å²) in [5, 5.41) is 11.5. The standard InChI is InChI=1S/C34H42N2O3/c1-22-14-16-23(17-15-22)29(24-20-25(33(2,3)4)31(37)26(21-24)34(5,6)7)32-35(8)18-19-36(32)30-27(38-9)12-11-13-28(30)39-10/h11-21,29H,1-10H3/p+1. The fraction of sp³-hybridized carbons (Fsp3) is 0.382. The third-order valence-electron chi connectivity index (χ3n) is 7.44. The summed E-state index contributed by atoms with van der Waals surface area (Å²) in [4.78, 5) is 0. The molecule has 5 heteroatoms. The number of aromatic hydroxyl groups is 1. The number of imidazole rings is 1. The van der Waals surface area contributed by atoms with Crippen LogP contribution < -0.4 is 14.0 Å². The van der Waals surface area contributed by atoms with Gasteiger partial charge in [0.15, 0.2) is 11.5 Å². The highest BCUT2D eigenvalue weighted by Gasteiger charge is 2.35. The lowest BCUT2D eigenvalue weighted by atomic mass is 9.76. The number of ether oxygens (including phenoxy) is 2. The van der Waals surface area contributed by atoms with E-state index < -0.39 is 0 Å². The van der Waals surface area contributed by atoms with E-state index in [9.17, 15) is 5.11 Å². The van der Waals surface area contributed by atoms with Gasteiger partial charge in [-0.1, -0.05) is 89.6 Å². The fourth-order valence-electron chi connectivity index (χ4n) is 5.31. The molecule has 0 amide bonds. The maximum absolute atomic E-state index is 11.5. The SMILES string of the molecule is COc1cccc(OC)c1-n1cc[n+](C)c1C(c1ccc(C)cc1)c1cc(C(C)(C)C)c(O)c(C(C)(C)C)c1. The zero-order valence-electron chi connectivity index (χ0n) is 25.1. The van der Waals surface area contributed by atoms with Crippen molar-refractivity contribution in [2.45, 2.75) is 65.2 Å². The second-order valence-electron chi connectivity index (χ2n) is 12.5. The summed E-state index contributed by atoms with van der Waals surface area (Å²) in [5.74, 6) is 2.75. The average Bonchev–Trinajstić information content (AvgIpc) is 3.24. The minimum Gasteiger partial charge on any atom is -0.507 e. The van der Waals surface area contributed by atoms with Gasteiger partial charge in [0.25, 0.3) is 5.82 Å². The summed E-state index contributed by atoms with van der Waals surface area (Å²) < 4.78 is 16.0. The van der Waals surface area contributed by atoms with E-state index in [2.05, 4.69) is 113 Å². The van der Waals surface area contributed by atoms with Crippen LogP contribution in [0, 0.1) is 6.92 Å². The highest BCUT2D eigenvalue weighted by atomic mass is 16.5. The molecule has 0 radical (unpaired) electrons. The van der Waals surface area contributed by atoms with Crippen LogP contribution in [0.2, 0.25) is 0 Å². The van der Waals surface area contributed by atoms with Crippen LogP contribution in [0.3, 0.4) is 0 Å². The molecular formula is C34H43N2O3+. The van der Waals surface area contributed by atoms with Crippen molar-refractivity contribution >= 4 is 0 Å². The largest absolute Gasteiger partial charge is 0.507 e. The van der Waals surface area contributed by atoms with Crippen LogP contribution in [-0.4, -0.2) is 23.9 Å². The lowest BCUT2D eigenvalue weighted by molar-refractivity contribution is -0.678. The molecule has 206 valence electrons. The molecule has 0 fully saturated rings. The van der Waals surface area contributed by atoms with Gasteiger partial charge in [-0.3, -0.25) is 0 Å². The van der Waals surface area contributed by atoms with Gasteiger partial charge in [-0.05, 0) is 52.1 Å². The first-order valence-electron chi connectivity index (χ1n) is 13.5. The van der Waals surface area contributed by atoms with Crippen LogP contribution >= 0.6 is 0 Å². The normalized spacial score (nSPS) is 12.9. The van der Waals surface area contributed by atoms with E-state index in [0.29, 0.717) is 5.75 Å². The number of aryl methyl sites for hydroxylation is 2. The minimum absolute atomic E-state index is 0.136. The van der Waals surface area contributed by atoms with Gasteiger partial charge >= 0.3 is 0 Å². The smallest absolute Gasteiger partial charge is 0.273 e. The van der Waals surface area contributed by atoms with E-state index >= 15 is 0 Å². The van der Waals surface area contributed by atoms with Crippen molar-refractivity contribution in [3.63, 3.8) is 0 Å². The van der Waals surface area contributed by atoms with Crippen molar-refractivity contribution < 1.29 is 19.1 Å². The number of para-hydroxylation sites is 1. The summed E-state index contributed by atoms with van der Waals surface area (Å²) in [6, 6.07) is 19.0. The Kier molecular flexibility index (Phi) is 7.57. The van der Waals surface area contributed by atoms with E-state index in [0.717, 1.165) is 45.3 Å². The average molecular weight is 528 g/mol. The van der Waals surface area contributed by atoms with Gasteiger partial charge in [-0.15, -0.1) is 0 Å². The molecule has 39 heavy (non-hydrogen) atoms. The Morgan fingerprint density at radius 3 is 1.77 bits per heavy atom. The van der Waals surface area contributed by atoms with Crippen molar-refractivity contribution in [2.24, 2.45) is 7.05 Å². The number of hydrogen-bond donors (Lipinski definition) is 1. The van der Waals surface area contributed by atoms with E-state index in [1.54, 1.807) is 14.2 Å².